The van der Waals surface area contributed by atoms with Crippen LogP contribution in [0.1, 0.15) is 25.3 Å². The smallest absolute Gasteiger partial charge is 0.233 e. The predicted molar refractivity (Wildman–Crippen MR) is 128 cm³/mol. The molecule has 0 saturated carbocycles. The molecule has 0 radical (unpaired) electrons. The number of halogens is 1. The number of carbonyl (C=O) groups excluding carboxylic acids is 1. The number of nitrogens with zero attached hydrogens (tertiary/aromatic N) is 4. The minimum atomic E-state index is -0.363. The average molecular weight is 472 g/mol. The first-order chi connectivity index (χ1) is 15.6. The van der Waals surface area contributed by atoms with Crippen LogP contribution in [0.25, 0.3) is 5.69 Å². The molecule has 4 rings (SSSR count). The summed E-state index contributed by atoms with van der Waals surface area (Å²) >= 11 is 7.64. The lowest BCUT2D eigenvalue weighted by atomic mass is 10.2. The molecule has 2 heterocycles. The Balaban J connectivity index is 1.52. The van der Waals surface area contributed by atoms with Crippen LogP contribution in [-0.4, -0.2) is 46.1 Å². The van der Waals surface area contributed by atoms with Crippen molar-refractivity contribution in [3.63, 3.8) is 0 Å². The third kappa shape index (κ3) is 5.02. The Morgan fingerprint density at radius 2 is 1.97 bits per heavy atom. The molecule has 9 heteroatoms. The molecule has 3 aromatic rings. The number of anilines is 1. The van der Waals surface area contributed by atoms with Crippen LogP contribution < -0.4 is 15.0 Å². The molecule has 0 aliphatic carbocycles. The van der Waals surface area contributed by atoms with Gasteiger partial charge in [-0.1, -0.05) is 47.6 Å². The molecular formula is C23H26ClN5O2S. The van der Waals surface area contributed by atoms with Gasteiger partial charge in [-0.05, 0) is 44.0 Å². The van der Waals surface area contributed by atoms with Crippen LogP contribution in [0.5, 0.6) is 5.75 Å². The molecule has 2 aromatic carbocycles. The van der Waals surface area contributed by atoms with Crippen LogP contribution in [0, 0.1) is 0 Å². The van der Waals surface area contributed by atoms with Crippen LogP contribution in [0.3, 0.4) is 0 Å². The van der Waals surface area contributed by atoms with E-state index in [1.807, 2.05) is 60.0 Å². The van der Waals surface area contributed by atoms with E-state index in [9.17, 15) is 4.79 Å². The van der Waals surface area contributed by atoms with Gasteiger partial charge in [0.2, 0.25) is 11.9 Å². The van der Waals surface area contributed by atoms with Crippen molar-refractivity contribution in [1.29, 1.82) is 0 Å². The maximum atomic E-state index is 12.8. The van der Waals surface area contributed by atoms with Gasteiger partial charge in [-0.15, -0.1) is 10.2 Å². The summed E-state index contributed by atoms with van der Waals surface area (Å²) in [5.74, 6) is 1.46. The molecule has 0 bridgehead atoms. The van der Waals surface area contributed by atoms with Gasteiger partial charge in [-0.2, -0.15) is 0 Å². The highest BCUT2D eigenvalue weighted by atomic mass is 35.5. The van der Waals surface area contributed by atoms with Crippen LogP contribution in [-0.2, 0) is 11.3 Å². The van der Waals surface area contributed by atoms with Crippen molar-refractivity contribution >= 4 is 35.2 Å². The summed E-state index contributed by atoms with van der Waals surface area (Å²) in [6, 6.07) is 15.3. The number of ether oxygens (including phenoxy) is 1. The molecule has 1 unspecified atom stereocenters. The van der Waals surface area contributed by atoms with Gasteiger partial charge in [-0.3, -0.25) is 9.36 Å². The largest absolute Gasteiger partial charge is 0.496 e. The van der Waals surface area contributed by atoms with Gasteiger partial charge < -0.3 is 15.0 Å². The van der Waals surface area contributed by atoms with Gasteiger partial charge >= 0.3 is 0 Å². The van der Waals surface area contributed by atoms with Crippen molar-refractivity contribution in [2.45, 2.75) is 36.7 Å². The topological polar surface area (TPSA) is 72.3 Å². The van der Waals surface area contributed by atoms with E-state index in [1.54, 1.807) is 7.11 Å². The van der Waals surface area contributed by atoms with E-state index < -0.39 is 0 Å². The summed E-state index contributed by atoms with van der Waals surface area (Å²) in [6.45, 7) is 4.15. The zero-order chi connectivity index (χ0) is 22.5. The maximum Gasteiger partial charge on any atom is 0.233 e. The molecular weight excluding hydrogens is 446 g/mol. The van der Waals surface area contributed by atoms with E-state index >= 15 is 0 Å². The van der Waals surface area contributed by atoms with Crippen LogP contribution >= 0.6 is 23.4 Å². The Kier molecular flexibility index (Phi) is 7.22. The highest BCUT2D eigenvalue weighted by Crippen LogP contribution is 2.31. The molecule has 1 aliphatic heterocycles. The molecule has 1 atom stereocenters. The van der Waals surface area contributed by atoms with Crippen molar-refractivity contribution in [1.82, 2.24) is 20.1 Å². The number of methoxy groups -OCH3 is 1. The van der Waals surface area contributed by atoms with Gasteiger partial charge in [0.1, 0.15) is 5.75 Å². The van der Waals surface area contributed by atoms with Crippen molar-refractivity contribution in [3.05, 3.63) is 59.1 Å². The number of thioether (sulfide) groups is 1. The van der Waals surface area contributed by atoms with Crippen molar-refractivity contribution in [2.75, 3.05) is 25.1 Å². The fourth-order valence-corrected chi connectivity index (χ4v) is 4.76. The molecule has 168 valence electrons. The summed E-state index contributed by atoms with van der Waals surface area (Å²) < 4.78 is 7.36. The van der Waals surface area contributed by atoms with E-state index in [4.69, 9.17) is 16.3 Å². The molecule has 1 saturated heterocycles. The normalized spacial score (nSPS) is 14.4. The first-order valence-corrected chi connectivity index (χ1v) is 11.8. The number of hydrogen-bond acceptors (Lipinski definition) is 6. The fourth-order valence-electron chi connectivity index (χ4n) is 3.69. The van der Waals surface area contributed by atoms with Gasteiger partial charge in [0, 0.05) is 30.2 Å². The number of hydrogen-bond donors (Lipinski definition) is 1. The number of rotatable bonds is 8. The number of carbonyl (C=O) groups is 1. The molecule has 32 heavy (non-hydrogen) atoms. The second-order valence-electron chi connectivity index (χ2n) is 7.58. The summed E-state index contributed by atoms with van der Waals surface area (Å²) in [5, 5.41) is 12.8. The first-order valence-electron chi connectivity index (χ1n) is 10.6. The van der Waals surface area contributed by atoms with Gasteiger partial charge in [0.05, 0.1) is 18.0 Å². The van der Waals surface area contributed by atoms with E-state index in [1.165, 1.54) is 11.8 Å². The monoisotopic (exact) mass is 471 g/mol. The molecule has 1 amide bonds. The van der Waals surface area contributed by atoms with Crippen molar-refractivity contribution in [3.8, 4) is 11.4 Å². The fraction of sp³-hybridized carbons (Fsp3) is 0.348. The second kappa shape index (κ2) is 10.3. The van der Waals surface area contributed by atoms with Gasteiger partial charge in [0.25, 0.3) is 0 Å². The summed E-state index contributed by atoms with van der Waals surface area (Å²) in [5.41, 5.74) is 1.81. The predicted octanol–water partition coefficient (Wildman–Crippen LogP) is 4.33. The summed E-state index contributed by atoms with van der Waals surface area (Å²) in [4.78, 5) is 15.1. The lowest BCUT2D eigenvalue weighted by Crippen LogP contribution is -2.30. The molecule has 7 nitrogen and oxygen atoms in total. The maximum absolute atomic E-state index is 12.8. The number of para-hydroxylation sites is 1. The molecule has 1 fully saturated rings. The van der Waals surface area contributed by atoms with Gasteiger partial charge in [0.15, 0.2) is 5.16 Å². The Morgan fingerprint density at radius 1 is 1.19 bits per heavy atom. The van der Waals surface area contributed by atoms with E-state index in [0.29, 0.717) is 16.7 Å². The lowest BCUT2D eigenvalue weighted by Gasteiger charge is -2.19. The number of benzene rings is 2. The number of aromatic nitrogens is 3. The Hall–Kier alpha value is -2.71. The van der Waals surface area contributed by atoms with Crippen LogP contribution in [0.2, 0.25) is 5.02 Å². The minimum Gasteiger partial charge on any atom is -0.496 e. The van der Waals surface area contributed by atoms with E-state index in [0.717, 1.165) is 48.9 Å². The third-order valence-corrected chi connectivity index (χ3v) is 6.65. The highest BCUT2D eigenvalue weighted by Gasteiger charge is 2.25. The van der Waals surface area contributed by atoms with Crippen LogP contribution in [0.4, 0.5) is 5.95 Å². The molecule has 0 spiro atoms. The summed E-state index contributed by atoms with van der Waals surface area (Å²) in [7, 11) is 1.62. The molecule has 1 aliphatic rings. The molecule has 1 N–H and O–H groups in total. The average Bonchev–Trinajstić information content (AvgIpc) is 3.47. The quantitative estimate of drug-likeness (QED) is 0.493. The number of amides is 1. The standard InChI is InChI=1S/C23H26ClN5O2S/c1-16(21(30)25-15-17-8-3-4-11-20(17)31-2)32-23-27-26-22(28-12-5-6-13-28)29(23)19-10-7-9-18(24)14-19/h3-4,7-11,14,16H,5-6,12-13,15H2,1-2H3,(H,25,30). The zero-order valence-electron chi connectivity index (χ0n) is 18.1. The highest BCUT2D eigenvalue weighted by molar-refractivity contribution is 8.00. The lowest BCUT2D eigenvalue weighted by molar-refractivity contribution is -0.120. The Labute approximate surface area is 197 Å². The third-order valence-electron chi connectivity index (χ3n) is 5.37. The Bertz CT molecular complexity index is 1080. The second-order valence-corrected chi connectivity index (χ2v) is 9.33. The zero-order valence-corrected chi connectivity index (χ0v) is 19.7. The minimum absolute atomic E-state index is 0.0794. The van der Waals surface area contributed by atoms with Crippen molar-refractivity contribution in [2.24, 2.45) is 0 Å². The SMILES string of the molecule is COc1ccccc1CNC(=O)C(C)Sc1nnc(N2CCCC2)n1-c1cccc(Cl)c1. The van der Waals surface area contributed by atoms with Crippen molar-refractivity contribution < 1.29 is 9.53 Å². The molecule has 1 aromatic heterocycles. The van der Waals surface area contributed by atoms with Gasteiger partial charge in [-0.25, -0.2) is 0 Å². The van der Waals surface area contributed by atoms with E-state index in [2.05, 4.69) is 20.4 Å². The summed E-state index contributed by atoms with van der Waals surface area (Å²) in [6.07, 6.45) is 2.26. The van der Waals surface area contributed by atoms with E-state index in [-0.39, 0.29) is 11.2 Å². The van der Waals surface area contributed by atoms with Crippen LogP contribution in [0.15, 0.2) is 53.7 Å². The number of nitrogens with one attached hydrogen (secondary N) is 1. The first kappa shape index (κ1) is 22.5. The Morgan fingerprint density at radius 3 is 2.72 bits per heavy atom.